The Hall–Kier alpha value is -2.00. The van der Waals surface area contributed by atoms with Gasteiger partial charge in [-0.1, -0.05) is 6.07 Å². The highest BCUT2D eigenvalue weighted by Crippen LogP contribution is 2.23. The highest BCUT2D eigenvalue weighted by Gasteiger charge is 2.12. The van der Waals surface area contributed by atoms with Crippen LogP contribution >= 0.6 is 0 Å². The third-order valence-electron chi connectivity index (χ3n) is 2.43. The molecule has 76 valence electrons. The first kappa shape index (κ1) is 11.1. The van der Waals surface area contributed by atoms with Gasteiger partial charge in [0.25, 0.3) is 0 Å². The molecule has 0 aromatic heterocycles. The Labute approximate surface area is 90.2 Å². The lowest BCUT2D eigenvalue weighted by atomic mass is 10.1. The van der Waals surface area contributed by atoms with Gasteiger partial charge in [-0.25, -0.2) is 0 Å². The molecule has 0 aliphatic carbocycles. The van der Waals surface area contributed by atoms with E-state index in [-0.39, 0.29) is 0 Å². The highest BCUT2D eigenvalue weighted by atomic mass is 15.1. The predicted molar refractivity (Wildman–Crippen MR) is 59.4 cm³/mol. The van der Waals surface area contributed by atoms with Crippen LogP contribution in [0.3, 0.4) is 0 Å². The van der Waals surface area contributed by atoms with E-state index in [1.807, 2.05) is 37.9 Å². The quantitative estimate of drug-likeness (QED) is 0.734. The van der Waals surface area contributed by atoms with Crippen molar-refractivity contribution in [2.75, 3.05) is 11.9 Å². The first-order valence-corrected chi connectivity index (χ1v) is 4.77. The Kier molecular flexibility index (Phi) is 3.31. The Morgan fingerprint density at radius 2 is 1.87 bits per heavy atom. The van der Waals surface area contributed by atoms with E-state index in [9.17, 15) is 0 Å². The van der Waals surface area contributed by atoms with Gasteiger partial charge in [0.1, 0.15) is 12.1 Å². The molecule has 0 atom stereocenters. The zero-order chi connectivity index (χ0) is 11.4. The number of nitrogens with zero attached hydrogens (tertiary/aromatic N) is 3. The SMILES string of the molecule is CC(C)N(C)c1cccc(C#N)c1C#N. The van der Waals surface area contributed by atoms with Gasteiger partial charge < -0.3 is 4.90 Å². The summed E-state index contributed by atoms with van der Waals surface area (Å²) in [4.78, 5) is 1.99. The van der Waals surface area contributed by atoms with Crippen molar-refractivity contribution < 1.29 is 0 Å². The number of hydrogen-bond donors (Lipinski definition) is 0. The van der Waals surface area contributed by atoms with Gasteiger partial charge in [0, 0.05) is 13.1 Å². The molecule has 0 unspecified atom stereocenters. The summed E-state index contributed by atoms with van der Waals surface area (Å²) >= 11 is 0. The summed E-state index contributed by atoms with van der Waals surface area (Å²) in [6, 6.07) is 9.74. The number of rotatable bonds is 2. The number of anilines is 1. The van der Waals surface area contributed by atoms with Gasteiger partial charge in [-0.3, -0.25) is 0 Å². The molecule has 1 aromatic rings. The summed E-state index contributed by atoms with van der Waals surface area (Å²) in [6.07, 6.45) is 0. The zero-order valence-corrected chi connectivity index (χ0v) is 9.15. The minimum atomic E-state index is 0.297. The molecule has 3 heteroatoms. The second kappa shape index (κ2) is 4.48. The van der Waals surface area contributed by atoms with Crippen molar-refractivity contribution in [2.45, 2.75) is 19.9 Å². The van der Waals surface area contributed by atoms with E-state index in [1.165, 1.54) is 0 Å². The molecule has 3 nitrogen and oxygen atoms in total. The average molecular weight is 199 g/mol. The fraction of sp³-hybridized carbons (Fsp3) is 0.333. The van der Waals surface area contributed by atoms with Crippen molar-refractivity contribution in [1.82, 2.24) is 0 Å². The van der Waals surface area contributed by atoms with Crippen molar-refractivity contribution in [2.24, 2.45) is 0 Å². The minimum Gasteiger partial charge on any atom is -0.371 e. The summed E-state index contributed by atoms with van der Waals surface area (Å²) in [5.41, 5.74) is 1.70. The predicted octanol–water partition coefficient (Wildman–Crippen LogP) is 2.27. The van der Waals surface area contributed by atoms with Crippen LogP contribution in [0.4, 0.5) is 5.69 Å². The maximum Gasteiger partial charge on any atom is 0.103 e. The Morgan fingerprint density at radius 3 is 2.33 bits per heavy atom. The van der Waals surface area contributed by atoms with Crippen molar-refractivity contribution in [1.29, 1.82) is 10.5 Å². The van der Waals surface area contributed by atoms with E-state index in [2.05, 4.69) is 6.07 Å². The van der Waals surface area contributed by atoms with Gasteiger partial charge in [-0.15, -0.1) is 0 Å². The van der Waals surface area contributed by atoms with E-state index in [1.54, 1.807) is 12.1 Å². The maximum absolute atomic E-state index is 9.03. The number of hydrogen-bond acceptors (Lipinski definition) is 3. The molecule has 0 saturated heterocycles. The average Bonchev–Trinajstić information content (AvgIpc) is 2.26. The summed E-state index contributed by atoms with van der Waals surface area (Å²) in [7, 11) is 1.92. The molecule has 1 aromatic carbocycles. The zero-order valence-electron chi connectivity index (χ0n) is 9.15. The summed E-state index contributed by atoms with van der Waals surface area (Å²) in [6.45, 7) is 4.08. The fourth-order valence-corrected chi connectivity index (χ4v) is 1.32. The molecular weight excluding hydrogens is 186 g/mol. The molecular formula is C12H13N3. The first-order chi connectivity index (χ1) is 7.11. The van der Waals surface area contributed by atoms with Gasteiger partial charge in [0.05, 0.1) is 16.8 Å². The summed E-state index contributed by atoms with van der Waals surface area (Å²) < 4.78 is 0. The molecule has 1 rings (SSSR count). The van der Waals surface area contributed by atoms with E-state index in [0.717, 1.165) is 5.69 Å². The Balaban J connectivity index is 3.32. The van der Waals surface area contributed by atoms with Crippen molar-refractivity contribution in [3.8, 4) is 12.1 Å². The van der Waals surface area contributed by atoms with Crippen LogP contribution < -0.4 is 4.90 Å². The van der Waals surface area contributed by atoms with Crippen LogP contribution in [0.2, 0.25) is 0 Å². The molecule has 0 aliphatic heterocycles. The molecule has 0 heterocycles. The molecule has 0 N–H and O–H groups in total. The largest absolute Gasteiger partial charge is 0.371 e. The molecule has 0 amide bonds. The highest BCUT2D eigenvalue weighted by molar-refractivity contribution is 5.65. The first-order valence-electron chi connectivity index (χ1n) is 4.77. The van der Waals surface area contributed by atoms with Crippen LogP contribution in [0, 0.1) is 22.7 Å². The normalized spacial score (nSPS) is 9.47. The molecule has 0 aliphatic rings. The van der Waals surface area contributed by atoms with E-state index in [4.69, 9.17) is 10.5 Å². The van der Waals surface area contributed by atoms with Gasteiger partial charge in [-0.2, -0.15) is 10.5 Å². The van der Waals surface area contributed by atoms with Crippen LogP contribution in [0.5, 0.6) is 0 Å². The molecule has 0 fully saturated rings. The Morgan fingerprint density at radius 1 is 1.20 bits per heavy atom. The topological polar surface area (TPSA) is 50.8 Å². The monoisotopic (exact) mass is 199 g/mol. The Bertz CT molecular complexity index is 435. The summed E-state index contributed by atoms with van der Waals surface area (Å²) in [5, 5.41) is 17.9. The lowest BCUT2D eigenvalue weighted by molar-refractivity contribution is 0.753. The van der Waals surface area contributed by atoms with Crippen LogP contribution in [-0.2, 0) is 0 Å². The lowest BCUT2D eigenvalue weighted by Gasteiger charge is -2.24. The maximum atomic E-state index is 9.03. The van der Waals surface area contributed by atoms with Crippen LogP contribution in [0.15, 0.2) is 18.2 Å². The van der Waals surface area contributed by atoms with Crippen molar-refractivity contribution >= 4 is 5.69 Å². The summed E-state index contributed by atoms with van der Waals surface area (Å²) in [5.74, 6) is 0. The second-order valence-electron chi connectivity index (χ2n) is 3.63. The van der Waals surface area contributed by atoms with Gasteiger partial charge in [0.15, 0.2) is 0 Å². The van der Waals surface area contributed by atoms with Crippen LogP contribution in [0.1, 0.15) is 25.0 Å². The van der Waals surface area contributed by atoms with Crippen molar-refractivity contribution in [3.63, 3.8) is 0 Å². The standard InChI is InChI=1S/C12H13N3/c1-9(2)15(3)12-6-4-5-10(7-13)11(12)8-14/h4-6,9H,1-3H3. The molecule has 15 heavy (non-hydrogen) atoms. The van der Waals surface area contributed by atoms with E-state index >= 15 is 0 Å². The third kappa shape index (κ3) is 2.08. The van der Waals surface area contributed by atoms with E-state index in [0.29, 0.717) is 17.2 Å². The third-order valence-corrected chi connectivity index (χ3v) is 2.43. The van der Waals surface area contributed by atoms with Crippen molar-refractivity contribution in [3.05, 3.63) is 29.3 Å². The minimum absolute atomic E-state index is 0.297. The van der Waals surface area contributed by atoms with Gasteiger partial charge in [-0.05, 0) is 26.0 Å². The van der Waals surface area contributed by atoms with Crippen LogP contribution in [0.25, 0.3) is 0 Å². The molecule has 0 bridgehead atoms. The van der Waals surface area contributed by atoms with Gasteiger partial charge >= 0.3 is 0 Å². The second-order valence-corrected chi connectivity index (χ2v) is 3.63. The number of nitriles is 2. The lowest BCUT2D eigenvalue weighted by Crippen LogP contribution is -2.26. The van der Waals surface area contributed by atoms with Gasteiger partial charge in [0.2, 0.25) is 0 Å². The molecule has 0 radical (unpaired) electrons. The fourth-order valence-electron chi connectivity index (χ4n) is 1.32. The molecule has 0 saturated carbocycles. The molecule has 0 spiro atoms. The smallest absolute Gasteiger partial charge is 0.103 e. The van der Waals surface area contributed by atoms with E-state index < -0.39 is 0 Å². The number of benzene rings is 1. The van der Waals surface area contributed by atoms with Crippen LogP contribution in [-0.4, -0.2) is 13.1 Å².